The number of hydrogen-bond donors (Lipinski definition) is 1. The van der Waals surface area contributed by atoms with Gasteiger partial charge in [0.15, 0.2) is 17.6 Å². The summed E-state index contributed by atoms with van der Waals surface area (Å²) in [5.41, 5.74) is 2.43. The fourth-order valence-electron chi connectivity index (χ4n) is 3.36. The molecule has 0 unspecified atom stereocenters. The van der Waals surface area contributed by atoms with Crippen molar-refractivity contribution in [3.63, 3.8) is 0 Å². The van der Waals surface area contributed by atoms with Gasteiger partial charge in [0.1, 0.15) is 6.61 Å². The van der Waals surface area contributed by atoms with Crippen molar-refractivity contribution in [3.8, 4) is 22.6 Å². The first-order valence-electron chi connectivity index (χ1n) is 8.84. The van der Waals surface area contributed by atoms with E-state index in [9.17, 15) is 9.90 Å². The van der Waals surface area contributed by atoms with Crippen LogP contribution in [0, 0.1) is 0 Å². The molecule has 2 aliphatic heterocycles. The Morgan fingerprint density at radius 1 is 1.15 bits per heavy atom. The van der Waals surface area contributed by atoms with Crippen molar-refractivity contribution in [2.24, 2.45) is 0 Å². The second-order valence-corrected chi connectivity index (χ2v) is 6.97. The Bertz CT molecular complexity index is 850. The van der Waals surface area contributed by atoms with Crippen LogP contribution in [0.25, 0.3) is 11.1 Å². The highest BCUT2D eigenvalue weighted by Crippen LogP contribution is 2.38. The Morgan fingerprint density at radius 2 is 2.04 bits per heavy atom. The van der Waals surface area contributed by atoms with Gasteiger partial charge >= 0.3 is 0 Å². The average Bonchev–Trinajstić information content (AvgIpc) is 2.91. The Balaban J connectivity index is 1.63. The number of benzene rings is 2. The van der Waals surface area contributed by atoms with Gasteiger partial charge in [0.05, 0.1) is 26.4 Å². The Morgan fingerprint density at radius 3 is 2.81 bits per heavy atom. The number of phenols is 1. The van der Waals surface area contributed by atoms with Gasteiger partial charge in [-0.05, 0) is 35.4 Å². The number of aromatic hydroxyl groups is 1. The molecule has 1 saturated heterocycles. The Hall–Kier alpha value is -2.28. The van der Waals surface area contributed by atoms with Crippen LogP contribution in [0.1, 0.15) is 5.56 Å². The molecule has 0 radical (unpaired) electrons. The smallest absolute Gasteiger partial charge is 0.254 e. The number of phenolic OH excluding ortho intramolecular Hbond substituents is 1. The predicted octanol–water partition coefficient (Wildman–Crippen LogP) is 2.85. The van der Waals surface area contributed by atoms with Gasteiger partial charge in [-0.1, -0.05) is 23.7 Å². The largest absolute Gasteiger partial charge is 0.504 e. The molecule has 0 spiro atoms. The van der Waals surface area contributed by atoms with E-state index in [0.717, 1.165) is 16.7 Å². The van der Waals surface area contributed by atoms with Crippen LogP contribution in [0.15, 0.2) is 36.4 Å². The van der Waals surface area contributed by atoms with Crippen LogP contribution in [0.4, 0.5) is 0 Å². The minimum absolute atomic E-state index is 0.0500. The first kappa shape index (κ1) is 18.1. The molecule has 0 aromatic heterocycles. The summed E-state index contributed by atoms with van der Waals surface area (Å²) in [6.07, 6.45) is -0.593. The second kappa shape index (κ2) is 7.76. The number of carbonyl (C=O) groups is 1. The van der Waals surface area contributed by atoms with E-state index in [-0.39, 0.29) is 18.3 Å². The summed E-state index contributed by atoms with van der Waals surface area (Å²) in [7, 11) is 0. The lowest BCUT2D eigenvalue weighted by Crippen LogP contribution is -2.45. The number of ether oxygens (including phenoxy) is 3. The maximum atomic E-state index is 12.8. The van der Waals surface area contributed by atoms with Crippen molar-refractivity contribution >= 4 is 17.5 Å². The summed E-state index contributed by atoms with van der Waals surface area (Å²) in [5, 5.41) is 11.1. The molecule has 4 rings (SSSR count). The van der Waals surface area contributed by atoms with Crippen LogP contribution < -0.4 is 4.74 Å². The van der Waals surface area contributed by atoms with Crippen molar-refractivity contribution in [3.05, 3.63) is 47.0 Å². The van der Waals surface area contributed by atoms with E-state index in [1.165, 1.54) is 0 Å². The first-order chi connectivity index (χ1) is 13.1. The third kappa shape index (κ3) is 3.88. The van der Waals surface area contributed by atoms with Gasteiger partial charge in [0.25, 0.3) is 5.91 Å². The van der Waals surface area contributed by atoms with Crippen LogP contribution >= 0.6 is 11.6 Å². The molecule has 7 heteroatoms. The fourth-order valence-corrected chi connectivity index (χ4v) is 3.55. The summed E-state index contributed by atoms with van der Waals surface area (Å²) >= 11 is 6.09. The van der Waals surface area contributed by atoms with Crippen LogP contribution in [-0.2, 0) is 20.8 Å². The van der Waals surface area contributed by atoms with Gasteiger partial charge in [0.2, 0.25) is 0 Å². The fraction of sp³-hybridized carbons (Fsp3) is 0.350. The molecule has 6 nitrogen and oxygen atoms in total. The van der Waals surface area contributed by atoms with Crippen molar-refractivity contribution in [1.29, 1.82) is 0 Å². The van der Waals surface area contributed by atoms with E-state index >= 15 is 0 Å². The summed E-state index contributed by atoms with van der Waals surface area (Å²) in [5.74, 6) is 0.338. The number of hydrogen-bond acceptors (Lipinski definition) is 5. The number of amides is 1. The zero-order chi connectivity index (χ0) is 18.8. The van der Waals surface area contributed by atoms with E-state index in [2.05, 4.69) is 0 Å². The van der Waals surface area contributed by atoms with Crippen molar-refractivity contribution in [2.45, 2.75) is 12.6 Å². The molecule has 2 aliphatic rings. The predicted molar refractivity (Wildman–Crippen MR) is 100 cm³/mol. The van der Waals surface area contributed by atoms with Crippen LogP contribution in [0.3, 0.4) is 0 Å². The molecule has 0 bridgehead atoms. The number of nitrogens with zero attached hydrogens (tertiary/aromatic N) is 1. The van der Waals surface area contributed by atoms with Crippen LogP contribution in [0.2, 0.25) is 5.02 Å². The first-order valence-corrected chi connectivity index (χ1v) is 9.22. The highest BCUT2D eigenvalue weighted by Gasteiger charge is 2.30. The molecule has 142 valence electrons. The summed E-state index contributed by atoms with van der Waals surface area (Å²) in [6, 6.07) is 11.0. The Labute approximate surface area is 162 Å². The average molecular weight is 390 g/mol. The van der Waals surface area contributed by atoms with Gasteiger partial charge in [-0.3, -0.25) is 4.79 Å². The molecule has 1 atom stereocenters. The summed E-state index contributed by atoms with van der Waals surface area (Å²) in [6.45, 7) is 2.23. The van der Waals surface area contributed by atoms with Gasteiger partial charge in [-0.2, -0.15) is 0 Å². The molecule has 0 saturated carbocycles. The standard InChI is InChI=1S/C20H20ClNO5/c21-16-3-1-2-13(9-16)14-8-15-11-22(4-5-27-19(15)17(23)10-14)20(24)18-12-25-6-7-26-18/h1-3,8-10,18,23H,4-7,11-12H2/t18-/m1/s1. The maximum Gasteiger partial charge on any atom is 0.254 e. The highest BCUT2D eigenvalue weighted by atomic mass is 35.5. The van der Waals surface area contributed by atoms with Gasteiger partial charge in [0, 0.05) is 17.1 Å². The summed E-state index contributed by atoms with van der Waals surface area (Å²) < 4.78 is 16.6. The molecule has 2 aromatic rings. The number of rotatable bonds is 2. The zero-order valence-corrected chi connectivity index (χ0v) is 15.4. The molecule has 0 aliphatic carbocycles. The minimum atomic E-state index is -0.593. The lowest BCUT2D eigenvalue weighted by atomic mass is 10.0. The highest BCUT2D eigenvalue weighted by molar-refractivity contribution is 6.30. The second-order valence-electron chi connectivity index (χ2n) is 6.54. The van der Waals surface area contributed by atoms with Gasteiger partial charge in [-0.25, -0.2) is 0 Å². The molecule has 1 fully saturated rings. The third-order valence-corrected chi connectivity index (χ3v) is 4.91. The number of carbonyl (C=O) groups excluding carboxylic acids is 1. The van der Waals surface area contributed by atoms with E-state index in [1.54, 1.807) is 17.0 Å². The van der Waals surface area contributed by atoms with Crippen LogP contribution in [-0.4, -0.2) is 55.0 Å². The zero-order valence-electron chi connectivity index (χ0n) is 14.7. The lowest BCUT2D eigenvalue weighted by molar-refractivity contribution is -0.158. The van der Waals surface area contributed by atoms with Crippen molar-refractivity contribution in [1.82, 2.24) is 4.90 Å². The number of fused-ring (bicyclic) bond motifs is 1. The normalized spacial score (nSPS) is 19.7. The van der Waals surface area contributed by atoms with Crippen molar-refractivity contribution in [2.75, 3.05) is 33.0 Å². The molecule has 2 aromatic carbocycles. The molecule has 27 heavy (non-hydrogen) atoms. The Kier molecular flexibility index (Phi) is 5.20. The SMILES string of the molecule is O=C([C@H]1COCCO1)N1CCOc2c(O)cc(-c3cccc(Cl)c3)cc2C1. The molecule has 2 heterocycles. The van der Waals surface area contributed by atoms with Gasteiger partial charge < -0.3 is 24.2 Å². The molecule has 1 amide bonds. The van der Waals surface area contributed by atoms with E-state index in [0.29, 0.717) is 43.7 Å². The van der Waals surface area contributed by atoms with Gasteiger partial charge in [-0.15, -0.1) is 0 Å². The van der Waals surface area contributed by atoms with Crippen LogP contribution in [0.5, 0.6) is 11.5 Å². The van der Waals surface area contributed by atoms with E-state index < -0.39 is 6.10 Å². The molecular formula is C20H20ClNO5. The molecule has 1 N–H and O–H groups in total. The van der Waals surface area contributed by atoms with Crippen molar-refractivity contribution < 1.29 is 24.1 Å². The summed E-state index contributed by atoms with van der Waals surface area (Å²) in [4.78, 5) is 14.5. The molecular weight excluding hydrogens is 370 g/mol. The van der Waals surface area contributed by atoms with E-state index in [1.807, 2.05) is 24.3 Å². The number of halogens is 1. The van der Waals surface area contributed by atoms with E-state index in [4.69, 9.17) is 25.8 Å². The lowest BCUT2D eigenvalue weighted by Gasteiger charge is -2.28. The quantitative estimate of drug-likeness (QED) is 0.855. The topological polar surface area (TPSA) is 68.2 Å². The minimum Gasteiger partial charge on any atom is -0.504 e. The maximum absolute atomic E-state index is 12.8. The monoisotopic (exact) mass is 389 g/mol. The third-order valence-electron chi connectivity index (χ3n) is 4.68.